The highest BCUT2D eigenvalue weighted by atomic mass is 16.6. The van der Waals surface area contributed by atoms with Gasteiger partial charge in [-0.05, 0) is 20.8 Å². The number of methoxy groups -OCH3 is 1. The molecule has 0 aromatic carbocycles. The molecule has 1 atom stereocenters. The van der Waals surface area contributed by atoms with Gasteiger partial charge in [0.05, 0.1) is 13.5 Å². The first kappa shape index (κ1) is 14.4. The molecule has 0 spiro atoms. The number of rotatable bonds is 4. The molecule has 0 radical (unpaired) electrons. The highest BCUT2D eigenvalue weighted by Gasteiger charge is 2.32. The number of hydrogen-bond acceptors (Lipinski definition) is 4. The van der Waals surface area contributed by atoms with Gasteiger partial charge in [-0.15, -0.1) is 0 Å². The van der Waals surface area contributed by atoms with Crippen molar-refractivity contribution in [2.24, 2.45) is 0 Å². The number of esters is 2. The van der Waals surface area contributed by atoms with Crippen molar-refractivity contribution >= 4 is 11.9 Å². The molecule has 0 aliphatic heterocycles. The van der Waals surface area contributed by atoms with Crippen LogP contribution in [-0.4, -0.2) is 30.7 Å². The monoisotopic (exact) mass is 228 g/mol. The Morgan fingerprint density at radius 3 is 2.31 bits per heavy atom. The summed E-state index contributed by atoms with van der Waals surface area (Å²) in [7, 11) is 1.28. The fraction of sp³-hybridized carbons (Fsp3) is 0.727. The maximum Gasteiger partial charge on any atom is 0.395 e. The Kier molecular flexibility index (Phi) is 5.51. The van der Waals surface area contributed by atoms with Crippen molar-refractivity contribution in [1.82, 2.24) is 0 Å². The molecule has 16 heavy (non-hydrogen) atoms. The third kappa shape index (κ3) is 6.02. The lowest BCUT2D eigenvalue weighted by atomic mass is 10.1. The van der Waals surface area contributed by atoms with Gasteiger partial charge in [0.1, 0.15) is 5.60 Å². The Morgan fingerprint density at radius 1 is 1.38 bits per heavy atom. The van der Waals surface area contributed by atoms with Crippen molar-refractivity contribution in [2.75, 3.05) is 7.11 Å². The van der Waals surface area contributed by atoms with E-state index in [1.165, 1.54) is 7.11 Å². The molecular weight excluding hydrogens is 210 g/mol. The first-order chi connectivity index (χ1) is 7.30. The van der Waals surface area contributed by atoms with Gasteiger partial charge in [-0.25, -0.2) is 4.79 Å². The second kappa shape index (κ2) is 6.11. The molecule has 0 saturated heterocycles. The number of carbonyl (C=O) groups is 2. The minimum atomic E-state index is -0.821. The van der Waals surface area contributed by atoms with Gasteiger partial charge in [0.15, 0.2) is 0 Å². The third-order valence-electron chi connectivity index (χ3n) is 1.71. The molecule has 1 unspecified atom stereocenters. The average molecular weight is 228 g/mol. The summed E-state index contributed by atoms with van der Waals surface area (Å²) in [5.74, 6) is -0.934. The van der Waals surface area contributed by atoms with Crippen LogP contribution < -0.4 is 0 Å². The second-order valence-electron chi connectivity index (χ2n) is 4.31. The van der Waals surface area contributed by atoms with Crippen LogP contribution >= 0.6 is 0 Å². The predicted molar refractivity (Wildman–Crippen MR) is 59.2 cm³/mol. The summed E-state index contributed by atoms with van der Waals surface area (Å²) in [5, 5.41) is 0. The summed E-state index contributed by atoms with van der Waals surface area (Å²) in [4.78, 5) is 25.8. The van der Waals surface area contributed by atoms with E-state index in [4.69, 9.17) is 11.3 Å². The van der Waals surface area contributed by atoms with Crippen LogP contribution in [0.4, 0.5) is 0 Å². The molecule has 0 saturated carbocycles. The molecule has 0 aliphatic rings. The van der Waals surface area contributed by atoms with Gasteiger partial charge in [-0.1, -0.05) is 4.85 Å². The SMILES string of the molecule is C#[N+]C(CCC(=O)OC)C(=O)OC(C)(C)C. The molecule has 0 aromatic heterocycles. The Labute approximate surface area is 95.5 Å². The normalized spacial score (nSPS) is 12.4. The lowest BCUT2D eigenvalue weighted by Crippen LogP contribution is -2.30. The second-order valence-corrected chi connectivity index (χ2v) is 4.31. The van der Waals surface area contributed by atoms with E-state index in [0.29, 0.717) is 0 Å². The summed E-state index contributed by atoms with van der Waals surface area (Å²) in [6.07, 6.45) is 0.277. The molecule has 0 N–H and O–H groups in total. The zero-order valence-electron chi connectivity index (χ0n) is 10.1. The summed E-state index contributed by atoms with van der Waals surface area (Å²) >= 11 is 0. The van der Waals surface area contributed by atoms with Crippen molar-refractivity contribution in [3.05, 3.63) is 4.85 Å². The number of nitrogens with zero attached hydrogens (tertiary/aromatic N) is 1. The Hall–Kier alpha value is -1.57. The largest absolute Gasteiger partial charge is 0.469 e. The van der Waals surface area contributed by atoms with Crippen LogP contribution in [-0.2, 0) is 19.1 Å². The van der Waals surface area contributed by atoms with Crippen LogP contribution in [0.3, 0.4) is 0 Å². The Balaban J connectivity index is 4.25. The summed E-state index contributed by atoms with van der Waals surface area (Å²) in [5.41, 5.74) is -0.592. The molecule has 0 aromatic rings. The van der Waals surface area contributed by atoms with Gasteiger partial charge >= 0.3 is 18.0 Å². The lowest BCUT2D eigenvalue weighted by molar-refractivity contribution is -0.155. The van der Waals surface area contributed by atoms with E-state index in [-0.39, 0.29) is 12.8 Å². The third-order valence-corrected chi connectivity index (χ3v) is 1.71. The number of ether oxygens (including phenoxy) is 2. The smallest absolute Gasteiger partial charge is 0.395 e. The molecule has 5 nitrogen and oxygen atoms in total. The highest BCUT2D eigenvalue weighted by Crippen LogP contribution is 2.12. The standard InChI is InChI=1S/C11H18NO4/c1-11(2,3)16-10(14)8(12-4)6-7-9(13)15-5/h4,8H,6-7H2,1-3,5H3/q+1. The quantitative estimate of drug-likeness (QED) is 0.686. The summed E-state index contributed by atoms with van der Waals surface area (Å²) in [6, 6.07) is -0.821. The van der Waals surface area contributed by atoms with Gasteiger partial charge < -0.3 is 9.47 Å². The molecule has 0 bridgehead atoms. The maximum absolute atomic E-state index is 11.5. The minimum absolute atomic E-state index is 0.0844. The van der Waals surface area contributed by atoms with Crippen LogP contribution in [0.15, 0.2) is 0 Å². The van der Waals surface area contributed by atoms with E-state index in [1.807, 2.05) is 0 Å². The van der Waals surface area contributed by atoms with Crippen molar-refractivity contribution in [2.45, 2.75) is 45.3 Å². The summed E-state index contributed by atoms with van der Waals surface area (Å²) in [6.45, 7) is 10.3. The molecule has 90 valence electrons. The van der Waals surface area contributed by atoms with Gasteiger partial charge in [0.2, 0.25) is 0 Å². The highest BCUT2D eigenvalue weighted by molar-refractivity contribution is 5.79. The molecule has 0 fully saturated rings. The average Bonchev–Trinajstić information content (AvgIpc) is 2.15. The van der Waals surface area contributed by atoms with Crippen LogP contribution in [0.1, 0.15) is 33.6 Å². The zero-order chi connectivity index (χ0) is 12.8. The van der Waals surface area contributed by atoms with Crippen molar-refractivity contribution in [3.63, 3.8) is 0 Å². The fourth-order valence-electron chi connectivity index (χ4n) is 0.980. The lowest BCUT2D eigenvalue weighted by Gasteiger charge is -2.18. The minimum Gasteiger partial charge on any atom is -0.469 e. The van der Waals surface area contributed by atoms with Crippen molar-refractivity contribution < 1.29 is 19.1 Å². The van der Waals surface area contributed by atoms with Gasteiger partial charge in [-0.2, -0.15) is 0 Å². The topological polar surface area (TPSA) is 57.0 Å². The molecular formula is C11H18NO4+. The van der Waals surface area contributed by atoms with Gasteiger partial charge in [0, 0.05) is 6.42 Å². The maximum atomic E-state index is 11.5. The van der Waals surface area contributed by atoms with E-state index in [1.54, 1.807) is 20.8 Å². The first-order valence-electron chi connectivity index (χ1n) is 5.00. The van der Waals surface area contributed by atoms with Crippen LogP contribution in [0.5, 0.6) is 0 Å². The van der Waals surface area contributed by atoms with Crippen LogP contribution in [0.2, 0.25) is 0 Å². The van der Waals surface area contributed by atoms with Crippen molar-refractivity contribution in [1.29, 1.82) is 0 Å². The molecule has 0 aliphatic carbocycles. The van der Waals surface area contributed by atoms with E-state index in [0.717, 1.165) is 0 Å². The van der Waals surface area contributed by atoms with E-state index < -0.39 is 23.6 Å². The fourth-order valence-corrected chi connectivity index (χ4v) is 0.980. The van der Waals surface area contributed by atoms with Crippen LogP contribution in [0, 0.1) is 6.57 Å². The zero-order valence-corrected chi connectivity index (χ0v) is 10.1. The van der Waals surface area contributed by atoms with E-state index in [2.05, 4.69) is 9.58 Å². The van der Waals surface area contributed by atoms with Crippen molar-refractivity contribution in [3.8, 4) is 6.57 Å². The Bertz CT molecular complexity index is 298. The molecule has 0 rings (SSSR count). The number of carbonyl (C=O) groups excluding carboxylic acids is 2. The molecule has 0 amide bonds. The molecule has 5 heteroatoms. The first-order valence-corrected chi connectivity index (χ1v) is 5.00. The molecule has 0 heterocycles. The summed E-state index contributed by atoms with van der Waals surface area (Å²) < 4.78 is 9.54. The Morgan fingerprint density at radius 2 is 1.94 bits per heavy atom. The van der Waals surface area contributed by atoms with E-state index >= 15 is 0 Å². The van der Waals surface area contributed by atoms with Gasteiger partial charge in [0.25, 0.3) is 6.57 Å². The van der Waals surface area contributed by atoms with Gasteiger partial charge in [-0.3, -0.25) is 4.79 Å². The van der Waals surface area contributed by atoms with Crippen LogP contribution in [0.25, 0.3) is 4.85 Å². The number of hydrogen-bond donors (Lipinski definition) is 0. The predicted octanol–water partition coefficient (Wildman–Crippen LogP) is 1.61. The van der Waals surface area contributed by atoms with E-state index in [9.17, 15) is 9.59 Å².